The number of carbonyl (C=O) groups excluding carboxylic acids is 1. The number of nitrogens with zero attached hydrogens (tertiary/aromatic N) is 3. The summed E-state index contributed by atoms with van der Waals surface area (Å²) in [5, 5.41) is 9.14. The Bertz CT molecular complexity index is 1410. The molecule has 0 spiro atoms. The van der Waals surface area contributed by atoms with Gasteiger partial charge in [-0.25, -0.2) is 4.68 Å². The Morgan fingerprint density at radius 2 is 1.78 bits per heavy atom. The van der Waals surface area contributed by atoms with E-state index in [-0.39, 0.29) is 11.9 Å². The molecule has 1 unspecified atom stereocenters. The standard InChI is InChI=1S/C29H32ClN3O4/c1-18-23(12-14-25-27(18)31-32-33(25)4)26(29(2,3)28(34)36-6)20-9-13-24(30)21(15-20)17-37-16-19-7-10-22(35-5)11-8-19/h7-15,26H,16-17H2,1-6H3. The zero-order valence-corrected chi connectivity index (χ0v) is 22.8. The summed E-state index contributed by atoms with van der Waals surface area (Å²) in [6, 6.07) is 17.6. The highest BCUT2D eigenvalue weighted by molar-refractivity contribution is 6.31. The van der Waals surface area contributed by atoms with Gasteiger partial charge in [-0.1, -0.05) is 47.1 Å². The number of ether oxygens (including phenoxy) is 3. The zero-order valence-electron chi connectivity index (χ0n) is 22.0. The average molecular weight is 522 g/mol. The van der Waals surface area contributed by atoms with Crippen LogP contribution in [0.2, 0.25) is 5.02 Å². The maximum atomic E-state index is 13.0. The molecule has 3 aromatic carbocycles. The van der Waals surface area contributed by atoms with Crippen LogP contribution in [0.3, 0.4) is 0 Å². The van der Waals surface area contributed by atoms with Crippen LogP contribution >= 0.6 is 11.6 Å². The van der Waals surface area contributed by atoms with Crippen LogP contribution in [-0.2, 0) is 34.5 Å². The van der Waals surface area contributed by atoms with Crippen LogP contribution in [0.4, 0.5) is 0 Å². The van der Waals surface area contributed by atoms with Gasteiger partial charge >= 0.3 is 5.97 Å². The van der Waals surface area contributed by atoms with Gasteiger partial charge < -0.3 is 14.2 Å². The van der Waals surface area contributed by atoms with E-state index in [0.717, 1.165) is 44.6 Å². The quantitative estimate of drug-likeness (QED) is 0.252. The monoisotopic (exact) mass is 521 g/mol. The minimum absolute atomic E-state index is 0.302. The molecule has 0 aliphatic rings. The van der Waals surface area contributed by atoms with Gasteiger partial charge in [0.2, 0.25) is 0 Å². The zero-order chi connectivity index (χ0) is 26.7. The highest BCUT2D eigenvalue weighted by Gasteiger charge is 2.41. The third-order valence-corrected chi connectivity index (χ3v) is 7.28. The van der Waals surface area contributed by atoms with Crippen LogP contribution < -0.4 is 4.74 Å². The summed E-state index contributed by atoms with van der Waals surface area (Å²) in [4.78, 5) is 13.0. The van der Waals surface area contributed by atoms with E-state index in [2.05, 4.69) is 10.3 Å². The molecule has 0 saturated heterocycles. The van der Waals surface area contributed by atoms with Crippen molar-refractivity contribution >= 4 is 28.6 Å². The molecule has 4 rings (SSSR count). The lowest BCUT2D eigenvalue weighted by Gasteiger charge is -2.34. The van der Waals surface area contributed by atoms with Crippen LogP contribution in [0, 0.1) is 12.3 Å². The maximum Gasteiger partial charge on any atom is 0.312 e. The first-order chi connectivity index (χ1) is 17.7. The maximum absolute atomic E-state index is 13.0. The number of carbonyl (C=O) groups is 1. The fourth-order valence-electron chi connectivity index (χ4n) is 4.81. The van der Waals surface area contributed by atoms with E-state index in [4.69, 9.17) is 25.8 Å². The lowest BCUT2D eigenvalue weighted by atomic mass is 9.70. The number of aryl methyl sites for hydroxylation is 2. The van der Waals surface area contributed by atoms with Crippen molar-refractivity contribution in [2.45, 2.75) is 39.9 Å². The summed E-state index contributed by atoms with van der Waals surface area (Å²) in [6.45, 7) is 6.58. The van der Waals surface area contributed by atoms with Gasteiger partial charge in [0, 0.05) is 18.0 Å². The van der Waals surface area contributed by atoms with E-state index in [1.165, 1.54) is 7.11 Å². The first-order valence-electron chi connectivity index (χ1n) is 12.0. The Kier molecular flexibility index (Phi) is 7.85. The molecule has 194 valence electrons. The molecular formula is C29H32ClN3O4. The second kappa shape index (κ2) is 10.9. The van der Waals surface area contributed by atoms with Gasteiger partial charge in [-0.3, -0.25) is 4.79 Å². The average Bonchev–Trinajstić information content (AvgIpc) is 3.28. The fourth-order valence-corrected chi connectivity index (χ4v) is 4.98. The normalized spacial score (nSPS) is 12.5. The van der Waals surface area contributed by atoms with Crippen molar-refractivity contribution in [1.82, 2.24) is 15.0 Å². The summed E-state index contributed by atoms with van der Waals surface area (Å²) in [5.74, 6) is 0.182. The molecule has 0 bridgehead atoms. The van der Waals surface area contributed by atoms with Crippen molar-refractivity contribution in [3.63, 3.8) is 0 Å². The predicted octanol–water partition coefficient (Wildman–Crippen LogP) is 5.99. The van der Waals surface area contributed by atoms with Crippen molar-refractivity contribution in [2.24, 2.45) is 12.5 Å². The van der Waals surface area contributed by atoms with Crippen molar-refractivity contribution < 1.29 is 19.0 Å². The molecule has 0 fully saturated rings. The molecule has 0 aliphatic heterocycles. The second-order valence-corrected chi connectivity index (χ2v) is 10.1. The summed E-state index contributed by atoms with van der Waals surface area (Å²) in [5.41, 5.74) is 5.64. The second-order valence-electron chi connectivity index (χ2n) is 9.70. The van der Waals surface area contributed by atoms with Gasteiger partial charge in [-0.15, -0.1) is 5.10 Å². The van der Waals surface area contributed by atoms with Crippen LogP contribution in [0.1, 0.15) is 47.6 Å². The highest BCUT2D eigenvalue weighted by Crippen LogP contribution is 2.44. The Balaban J connectivity index is 1.70. The molecule has 0 N–H and O–H groups in total. The van der Waals surface area contributed by atoms with Gasteiger partial charge in [0.25, 0.3) is 0 Å². The first-order valence-corrected chi connectivity index (χ1v) is 12.4. The minimum Gasteiger partial charge on any atom is -0.497 e. The Morgan fingerprint density at radius 3 is 2.46 bits per heavy atom. The number of benzene rings is 3. The number of fused-ring (bicyclic) bond motifs is 1. The lowest BCUT2D eigenvalue weighted by Crippen LogP contribution is -2.34. The van der Waals surface area contributed by atoms with E-state index in [1.54, 1.807) is 11.8 Å². The molecule has 1 atom stereocenters. The van der Waals surface area contributed by atoms with Crippen LogP contribution in [0.25, 0.3) is 11.0 Å². The molecule has 7 nitrogen and oxygen atoms in total. The van der Waals surface area contributed by atoms with Crippen molar-refractivity contribution in [2.75, 3.05) is 14.2 Å². The van der Waals surface area contributed by atoms with Crippen LogP contribution in [-0.4, -0.2) is 35.2 Å². The van der Waals surface area contributed by atoms with Crippen molar-refractivity contribution in [3.8, 4) is 5.75 Å². The number of hydrogen-bond acceptors (Lipinski definition) is 6. The molecule has 37 heavy (non-hydrogen) atoms. The Morgan fingerprint density at radius 1 is 1.05 bits per heavy atom. The third-order valence-electron chi connectivity index (χ3n) is 6.91. The van der Waals surface area contributed by atoms with E-state index in [9.17, 15) is 4.79 Å². The molecule has 1 aromatic heterocycles. The number of halogens is 1. The van der Waals surface area contributed by atoms with E-state index < -0.39 is 5.41 Å². The Hall–Kier alpha value is -3.42. The van der Waals surface area contributed by atoms with Gasteiger partial charge in [0.1, 0.15) is 11.3 Å². The van der Waals surface area contributed by atoms with Crippen LogP contribution in [0.5, 0.6) is 5.75 Å². The number of aromatic nitrogens is 3. The fraction of sp³-hybridized carbons (Fsp3) is 0.345. The topological polar surface area (TPSA) is 75.5 Å². The SMILES string of the molecule is COC(=O)C(C)(C)C(c1ccc(Cl)c(COCc2ccc(OC)cc2)c1)c1ccc2c(nnn2C)c1C. The minimum atomic E-state index is -0.871. The molecule has 0 aliphatic carbocycles. The number of methoxy groups -OCH3 is 2. The van der Waals surface area contributed by atoms with Gasteiger partial charge in [0.05, 0.1) is 38.4 Å². The summed E-state index contributed by atoms with van der Waals surface area (Å²) in [7, 11) is 4.92. The summed E-state index contributed by atoms with van der Waals surface area (Å²) >= 11 is 6.58. The number of rotatable bonds is 9. The molecule has 4 aromatic rings. The van der Waals surface area contributed by atoms with Gasteiger partial charge in [-0.2, -0.15) is 0 Å². The lowest BCUT2D eigenvalue weighted by molar-refractivity contribution is -0.151. The van der Waals surface area contributed by atoms with Crippen molar-refractivity contribution in [3.05, 3.63) is 87.4 Å². The number of hydrogen-bond donors (Lipinski definition) is 0. The smallest absolute Gasteiger partial charge is 0.312 e. The summed E-state index contributed by atoms with van der Waals surface area (Å²) < 4.78 is 18.2. The highest BCUT2D eigenvalue weighted by atomic mass is 35.5. The van der Waals surface area contributed by atoms with E-state index >= 15 is 0 Å². The number of esters is 1. The molecular weight excluding hydrogens is 490 g/mol. The molecule has 0 amide bonds. The third kappa shape index (κ3) is 5.33. The summed E-state index contributed by atoms with van der Waals surface area (Å²) in [6.07, 6.45) is 0. The first kappa shape index (κ1) is 26.6. The predicted molar refractivity (Wildman–Crippen MR) is 144 cm³/mol. The molecule has 0 saturated carbocycles. The van der Waals surface area contributed by atoms with Gasteiger partial charge in [0.15, 0.2) is 0 Å². The largest absolute Gasteiger partial charge is 0.497 e. The van der Waals surface area contributed by atoms with E-state index in [1.807, 2.05) is 82.4 Å². The van der Waals surface area contributed by atoms with Gasteiger partial charge in [-0.05, 0) is 72.9 Å². The Labute approximate surface area is 222 Å². The van der Waals surface area contributed by atoms with Crippen molar-refractivity contribution in [1.29, 1.82) is 0 Å². The molecule has 1 heterocycles. The molecule has 0 radical (unpaired) electrons. The molecule has 8 heteroatoms. The van der Waals surface area contributed by atoms with Crippen LogP contribution in [0.15, 0.2) is 54.6 Å². The van der Waals surface area contributed by atoms with E-state index in [0.29, 0.717) is 18.2 Å².